The molecular formula is C29H33ClN6O4. The number of H-pyrrole nitrogens is 1. The van der Waals surface area contributed by atoms with E-state index < -0.39 is 0 Å². The number of halogens is 1. The number of likely N-dealkylation sites (N-methyl/N-ethyl adjacent to an activating group) is 1. The summed E-state index contributed by atoms with van der Waals surface area (Å²) in [5.74, 6) is 2.23. The second kappa shape index (κ2) is 12.4. The maximum atomic E-state index is 11.6. The molecule has 0 radical (unpaired) electrons. The molecule has 1 amide bonds. The number of carbonyl (C=O) groups excluding carboxylic acids is 1. The summed E-state index contributed by atoms with van der Waals surface area (Å²) in [5.41, 5.74) is 4.16. The van der Waals surface area contributed by atoms with Crippen molar-refractivity contribution < 1.29 is 19.0 Å². The van der Waals surface area contributed by atoms with Gasteiger partial charge in [-0.1, -0.05) is 23.7 Å². The first-order chi connectivity index (χ1) is 19.5. The molecule has 3 heterocycles. The fourth-order valence-electron chi connectivity index (χ4n) is 4.78. The van der Waals surface area contributed by atoms with E-state index in [0.29, 0.717) is 33.5 Å². The number of nitrogens with one attached hydrogen (secondary N) is 3. The number of methoxy groups -OCH3 is 2. The van der Waals surface area contributed by atoms with Crippen molar-refractivity contribution in [3.63, 3.8) is 0 Å². The molecule has 1 saturated heterocycles. The molecule has 3 N–H and O–H groups in total. The van der Waals surface area contributed by atoms with Crippen LogP contribution in [0.5, 0.6) is 17.2 Å². The molecule has 0 aliphatic carbocycles. The number of piperidine rings is 1. The summed E-state index contributed by atoms with van der Waals surface area (Å²) >= 11 is 6.61. The van der Waals surface area contributed by atoms with Gasteiger partial charge in [-0.15, -0.1) is 0 Å². The van der Waals surface area contributed by atoms with E-state index in [-0.39, 0.29) is 18.6 Å². The van der Waals surface area contributed by atoms with Gasteiger partial charge in [0.25, 0.3) is 5.91 Å². The highest BCUT2D eigenvalue weighted by Crippen LogP contribution is 2.35. The molecular weight excluding hydrogens is 532 g/mol. The zero-order valence-corrected chi connectivity index (χ0v) is 23.5. The van der Waals surface area contributed by atoms with E-state index in [1.54, 1.807) is 33.5 Å². The van der Waals surface area contributed by atoms with Crippen LogP contribution in [0.15, 0.2) is 48.7 Å². The largest absolute Gasteiger partial charge is 0.497 e. The Balaban J connectivity index is 1.28. The van der Waals surface area contributed by atoms with E-state index in [1.165, 1.54) is 5.56 Å². The van der Waals surface area contributed by atoms with Crippen molar-refractivity contribution in [1.29, 1.82) is 0 Å². The number of hydrogen-bond donors (Lipinski definition) is 3. The van der Waals surface area contributed by atoms with Gasteiger partial charge in [-0.3, -0.25) is 9.69 Å². The Hall–Kier alpha value is -4.02. The smallest absolute Gasteiger partial charge is 0.257 e. The third kappa shape index (κ3) is 6.24. The van der Waals surface area contributed by atoms with E-state index in [0.717, 1.165) is 49.5 Å². The van der Waals surface area contributed by atoms with E-state index in [1.807, 2.05) is 24.3 Å². The Morgan fingerprint density at radius 1 is 1.10 bits per heavy atom. The van der Waals surface area contributed by atoms with Crippen LogP contribution in [0.2, 0.25) is 5.02 Å². The third-order valence-electron chi connectivity index (χ3n) is 7.04. The third-order valence-corrected chi connectivity index (χ3v) is 7.33. The molecule has 40 heavy (non-hydrogen) atoms. The standard InChI is InChI=1S/C29H33ClN6O4/c1-31-25(37)17-40-23-9-6-19(14-24(23)39-3)28-34-27-26(22(30)15-32-29(27)35-28)33-20-10-12-36(13-11-20)16-18-4-7-21(38-2)8-5-18/h4-9,14-15,20H,10-13,16-17H2,1-3H3,(H,31,37)(H2,32,33,34,35). The summed E-state index contributed by atoms with van der Waals surface area (Å²) in [6, 6.07) is 13.9. The van der Waals surface area contributed by atoms with Gasteiger partial charge in [-0.05, 0) is 48.7 Å². The van der Waals surface area contributed by atoms with Gasteiger partial charge in [0, 0.05) is 38.3 Å². The first-order valence-electron chi connectivity index (χ1n) is 13.1. The quantitative estimate of drug-likeness (QED) is 0.258. The number of nitrogens with zero attached hydrogens (tertiary/aromatic N) is 3. The highest BCUT2D eigenvalue weighted by atomic mass is 35.5. The minimum Gasteiger partial charge on any atom is -0.497 e. The van der Waals surface area contributed by atoms with Crippen molar-refractivity contribution in [3.05, 3.63) is 59.2 Å². The molecule has 2 aromatic carbocycles. The lowest BCUT2D eigenvalue weighted by Gasteiger charge is -2.33. The van der Waals surface area contributed by atoms with E-state index in [2.05, 4.69) is 37.6 Å². The second-order valence-electron chi connectivity index (χ2n) is 9.63. The number of benzene rings is 2. The molecule has 5 rings (SSSR count). The van der Waals surface area contributed by atoms with Crippen LogP contribution in [-0.2, 0) is 11.3 Å². The van der Waals surface area contributed by atoms with Crippen molar-refractivity contribution in [3.8, 4) is 28.6 Å². The Morgan fingerprint density at radius 2 is 1.88 bits per heavy atom. The molecule has 1 aliphatic rings. The summed E-state index contributed by atoms with van der Waals surface area (Å²) in [5, 5.41) is 6.70. The molecule has 0 atom stereocenters. The zero-order chi connectivity index (χ0) is 28.1. The topological polar surface area (TPSA) is 114 Å². The zero-order valence-electron chi connectivity index (χ0n) is 22.8. The van der Waals surface area contributed by atoms with Gasteiger partial charge in [0.1, 0.15) is 17.1 Å². The van der Waals surface area contributed by atoms with Gasteiger partial charge in [0.15, 0.2) is 23.8 Å². The lowest BCUT2D eigenvalue weighted by atomic mass is 10.0. The number of likely N-dealkylation sites (tertiary alicyclic amines) is 1. The van der Waals surface area contributed by atoms with E-state index >= 15 is 0 Å². The second-order valence-corrected chi connectivity index (χ2v) is 10.0. The van der Waals surface area contributed by atoms with Gasteiger partial charge >= 0.3 is 0 Å². The number of imidazole rings is 1. The minimum atomic E-state index is -0.227. The van der Waals surface area contributed by atoms with Crippen LogP contribution in [-0.4, -0.2) is 72.8 Å². The molecule has 0 saturated carbocycles. The van der Waals surface area contributed by atoms with Gasteiger partial charge in [-0.25, -0.2) is 9.97 Å². The average molecular weight is 565 g/mol. The van der Waals surface area contributed by atoms with Gasteiger partial charge in [0.2, 0.25) is 0 Å². The Bertz CT molecular complexity index is 1470. The number of aromatic amines is 1. The van der Waals surface area contributed by atoms with Crippen LogP contribution in [0.25, 0.3) is 22.6 Å². The molecule has 0 spiro atoms. The number of amides is 1. The summed E-state index contributed by atoms with van der Waals surface area (Å²) < 4.78 is 16.3. The Labute approximate surface area is 238 Å². The fourth-order valence-corrected chi connectivity index (χ4v) is 4.98. The molecule has 11 heteroatoms. The number of pyridine rings is 1. The van der Waals surface area contributed by atoms with Gasteiger partial charge in [0.05, 0.1) is 31.1 Å². The number of hydrogen-bond acceptors (Lipinski definition) is 8. The summed E-state index contributed by atoms with van der Waals surface area (Å²) in [6.45, 7) is 2.78. The van der Waals surface area contributed by atoms with Crippen LogP contribution < -0.4 is 24.8 Å². The number of anilines is 1. The lowest BCUT2D eigenvalue weighted by Crippen LogP contribution is -2.38. The van der Waals surface area contributed by atoms with Crippen LogP contribution >= 0.6 is 11.6 Å². The molecule has 0 bridgehead atoms. The first-order valence-corrected chi connectivity index (χ1v) is 13.5. The monoisotopic (exact) mass is 564 g/mol. The number of aromatic nitrogens is 3. The molecule has 1 fully saturated rings. The molecule has 10 nitrogen and oxygen atoms in total. The van der Waals surface area contributed by atoms with Gasteiger partial charge in [-0.2, -0.15) is 0 Å². The van der Waals surface area contributed by atoms with Crippen molar-refractivity contribution in [2.24, 2.45) is 0 Å². The van der Waals surface area contributed by atoms with Crippen LogP contribution in [0, 0.1) is 0 Å². The SMILES string of the molecule is CNC(=O)COc1ccc(-c2nc3c(NC4CCN(Cc5ccc(OC)cc5)CC4)c(Cl)cnc3[nH]2)cc1OC. The van der Waals surface area contributed by atoms with E-state index in [9.17, 15) is 4.79 Å². The van der Waals surface area contributed by atoms with Crippen molar-refractivity contribution in [1.82, 2.24) is 25.2 Å². The van der Waals surface area contributed by atoms with Gasteiger partial charge < -0.3 is 29.8 Å². The van der Waals surface area contributed by atoms with Crippen molar-refractivity contribution in [2.45, 2.75) is 25.4 Å². The normalized spacial score (nSPS) is 14.2. The predicted molar refractivity (Wildman–Crippen MR) is 155 cm³/mol. The Kier molecular flexibility index (Phi) is 8.57. The van der Waals surface area contributed by atoms with E-state index in [4.69, 9.17) is 30.8 Å². The predicted octanol–water partition coefficient (Wildman–Crippen LogP) is 4.50. The fraction of sp³-hybridized carbons (Fsp3) is 0.345. The molecule has 4 aromatic rings. The maximum absolute atomic E-state index is 11.6. The van der Waals surface area contributed by atoms with Crippen LogP contribution in [0.1, 0.15) is 18.4 Å². The summed E-state index contributed by atoms with van der Waals surface area (Å²) in [7, 11) is 4.79. The Morgan fingerprint density at radius 3 is 2.58 bits per heavy atom. The van der Waals surface area contributed by atoms with Crippen LogP contribution in [0.3, 0.4) is 0 Å². The minimum absolute atomic E-state index is 0.102. The molecule has 210 valence electrons. The molecule has 2 aromatic heterocycles. The summed E-state index contributed by atoms with van der Waals surface area (Å²) in [4.78, 5) is 26.6. The average Bonchev–Trinajstić information content (AvgIpc) is 3.43. The van der Waals surface area contributed by atoms with Crippen LogP contribution in [0.4, 0.5) is 5.69 Å². The number of ether oxygens (including phenoxy) is 3. The maximum Gasteiger partial charge on any atom is 0.257 e. The number of fused-ring (bicyclic) bond motifs is 1. The highest BCUT2D eigenvalue weighted by Gasteiger charge is 2.22. The number of carbonyl (C=O) groups is 1. The van der Waals surface area contributed by atoms with Crippen molar-refractivity contribution >= 4 is 34.4 Å². The molecule has 1 aliphatic heterocycles. The summed E-state index contributed by atoms with van der Waals surface area (Å²) in [6.07, 6.45) is 3.62. The lowest BCUT2D eigenvalue weighted by molar-refractivity contribution is -0.122. The van der Waals surface area contributed by atoms with Crippen molar-refractivity contribution in [2.75, 3.05) is 46.3 Å². The molecule has 0 unspecified atom stereocenters. The first kappa shape index (κ1) is 27.5. The highest BCUT2D eigenvalue weighted by molar-refractivity contribution is 6.34. The number of rotatable bonds is 10.